The second-order valence-electron chi connectivity index (χ2n) is 4.58. The lowest BCUT2D eigenvalue weighted by Crippen LogP contribution is -2.31. The zero-order valence-electron chi connectivity index (χ0n) is 11.4. The van der Waals surface area contributed by atoms with Crippen molar-refractivity contribution in [3.8, 4) is 11.4 Å². The van der Waals surface area contributed by atoms with Gasteiger partial charge in [0.25, 0.3) is 11.5 Å². The summed E-state index contributed by atoms with van der Waals surface area (Å²) >= 11 is 0. The van der Waals surface area contributed by atoms with Gasteiger partial charge in [0.05, 0.1) is 10.5 Å². The van der Waals surface area contributed by atoms with Crippen molar-refractivity contribution >= 4 is 11.7 Å². The molecule has 0 saturated heterocycles. The molecule has 1 heterocycles. The van der Waals surface area contributed by atoms with Crippen LogP contribution < -0.4 is 4.73 Å². The first-order chi connectivity index (χ1) is 9.82. The second-order valence-corrected chi connectivity index (χ2v) is 4.58. The van der Waals surface area contributed by atoms with E-state index >= 15 is 0 Å². The lowest BCUT2D eigenvalue weighted by atomic mass is 10.2. The van der Waals surface area contributed by atoms with Crippen molar-refractivity contribution in [1.82, 2.24) is 4.57 Å². The summed E-state index contributed by atoms with van der Waals surface area (Å²) in [7, 11) is 0. The molecular formula is C13H13N3O5. The maximum Gasteiger partial charge on any atom is 0.346 e. The van der Waals surface area contributed by atoms with Crippen molar-refractivity contribution in [1.29, 1.82) is 0 Å². The van der Waals surface area contributed by atoms with Crippen LogP contribution in [0.15, 0.2) is 24.3 Å². The lowest BCUT2D eigenvalue weighted by Gasteiger charge is -2.06. The van der Waals surface area contributed by atoms with Gasteiger partial charge in [0.2, 0.25) is 0 Å². The molecule has 0 radical (unpaired) electrons. The molecule has 0 spiro atoms. The molecule has 2 aromatic rings. The van der Waals surface area contributed by atoms with Crippen LogP contribution in [0, 0.1) is 29.2 Å². The minimum absolute atomic E-state index is 0.0797. The van der Waals surface area contributed by atoms with E-state index in [9.17, 15) is 20.1 Å². The van der Waals surface area contributed by atoms with E-state index in [0.717, 1.165) is 0 Å². The van der Waals surface area contributed by atoms with Crippen LogP contribution in [-0.2, 0) is 11.3 Å². The Balaban J connectivity index is 2.68. The van der Waals surface area contributed by atoms with Gasteiger partial charge in [-0.15, -0.1) is 0 Å². The fraction of sp³-hybridized carbons (Fsp3) is 0.231. The van der Waals surface area contributed by atoms with E-state index in [0.29, 0.717) is 21.7 Å². The fourth-order valence-corrected chi connectivity index (χ4v) is 2.13. The zero-order chi connectivity index (χ0) is 15.7. The number of carboxylic acid groups (broad SMARTS) is 1. The Morgan fingerprint density at radius 1 is 1.43 bits per heavy atom. The van der Waals surface area contributed by atoms with Gasteiger partial charge in [0.1, 0.15) is 11.4 Å². The largest absolute Gasteiger partial charge is 0.710 e. The molecule has 0 unspecified atom stereocenters. The summed E-state index contributed by atoms with van der Waals surface area (Å²) in [5.74, 6) is -1.02. The Morgan fingerprint density at radius 2 is 2.10 bits per heavy atom. The Hall–Kier alpha value is -2.90. The van der Waals surface area contributed by atoms with Gasteiger partial charge in [-0.1, -0.05) is 6.07 Å². The van der Waals surface area contributed by atoms with Crippen molar-refractivity contribution in [2.75, 3.05) is 0 Å². The smallest absolute Gasteiger partial charge is 0.346 e. The number of benzene rings is 1. The molecule has 21 heavy (non-hydrogen) atoms. The Bertz CT molecular complexity index is 736. The number of nitro groups is 1. The van der Waals surface area contributed by atoms with Crippen LogP contribution >= 0.6 is 0 Å². The average molecular weight is 291 g/mol. The van der Waals surface area contributed by atoms with E-state index in [1.54, 1.807) is 13.8 Å². The monoisotopic (exact) mass is 291 g/mol. The summed E-state index contributed by atoms with van der Waals surface area (Å²) in [6.45, 7) is 2.81. The van der Waals surface area contributed by atoms with Crippen LogP contribution in [0.2, 0.25) is 0 Å². The van der Waals surface area contributed by atoms with Gasteiger partial charge >= 0.3 is 5.97 Å². The summed E-state index contributed by atoms with van der Waals surface area (Å²) in [4.78, 5) is 21.2. The number of nitrogens with zero attached hydrogens (tertiary/aromatic N) is 3. The molecule has 0 bridgehead atoms. The van der Waals surface area contributed by atoms with E-state index in [4.69, 9.17) is 5.11 Å². The van der Waals surface area contributed by atoms with Crippen LogP contribution in [0.25, 0.3) is 11.4 Å². The normalized spacial score (nSPS) is 10.6. The fourth-order valence-electron chi connectivity index (χ4n) is 2.13. The van der Waals surface area contributed by atoms with Crippen LogP contribution in [0.5, 0.6) is 0 Å². The minimum atomic E-state index is -1.10. The maximum absolute atomic E-state index is 12.2. The Morgan fingerprint density at radius 3 is 2.67 bits per heavy atom. The predicted molar refractivity (Wildman–Crippen MR) is 72.6 cm³/mol. The maximum atomic E-state index is 12.2. The van der Waals surface area contributed by atoms with E-state index < -0.39 is 10.9 Å². The molecule has 8 nitrogen and oxygen atoms in total. The number of nitro benzene ring substituents is 1. The minimum Gasteiger partial charge on any atom is -0.710 e. The topological polar surface area (TPSA) is 112 Å². The molecule has 0 saturated carbocycles. The predicted octanol–water partition coefficient (Wildman–Crippen LogP) is 1.40. The summed E-state index contributed by atoms with van der Waals surface area (Å²) < 4.78 is 1.93. The van der Waals surface area contributed by atoms with Gasteiger partial charge in [-0.2, -0.15) is 0 Å². The first-order valence-corrected chi connectivity index (χ1v) is 6.08. The Kier molecular flexibility index (Phi) is 3.62. The van der Waals surface area contributed by atoms with Crippen molar-refractivity contribution in [3.05, 3.63) is 51.0 Å². The third-order valence-electron chi connectivity index (χ3n) is 3.29. The molecule has 1 aromatic carbocycles. The third kappa shape index (κ3) is 2.55. The highest BCUT2D eigenvalue weighted by molar-refractivity contribution is 5.68. The number of rotatable bonds is 4. The van der Waals surface area contributed by atoms with Gasteiger partial charge in [-0.05, 0) is 6.07 Å². The summed E-state index contributed by atoms with van der Waals surface area (Å²) in [6.07, 6.45) is 0. The van der Waals surface area contributed by atoms with Crippen molar-refractivity contribution in [2.24, 2.45) is 0 Å². The summed E-state index contributed by atoms with van der Waals surface area (Å²) in [5, 5.41) is 32.0. The van der Waals surface area contributed by atoms with Crippen LogP contribution in [0.4, 0.5) is 5.69 Å². The number of aromatic nitrogens is 2. The number of carboxylic acids is 1. The SMILES string of the molecule is Cc1c(C)[n+]([O-])c(-c2cccc([N+](=O)[O-])c2)n1CC(=O)O. The van der Waals surface area contributed by atoms with Crippen molar-refractivity contribution in [3.63, 3.8) is 0 Å². The van der Waals surface area contributed by atoms with Crippen LogP contribution in [0.3, 0.4) is 0 Å². The van der Waals surface area contributed by atoms with Crippen LogP contribution in [-0.4, -0.2) is 20.6 Å². The molecule has 2 rings (SSSR count). The van der Waals surface area contributed by atoms with E-state index in [2.05, 4.69) is 0 Å². The third-order valence-corrected chi connectivity index (χ3v) is 3.29. The molecule has 0 aliphatic carbocycles. The molecule has 0 atom stereocenters. The summed E-state index contributed by atoms with van der Waals surface area (Å²) in [5.41, 5.74) is 1.01. The van der Waals surface area contributed by atoms with Gasteiger partial charge < -0.3 is 10.3 Å². The average Bonchev–Trinajstić information content (AvgIpc) is 2.63. The molecule has 0 aliphatic rings. The number of carbonyl (C=O) groups is 1. The highest BCUT2D eigenvalue weighted by Gasteiger charge is 2.26. The highest BCUT2D eigenvalue weighted by atomic mass is 16.6. The molecule has 0 aliphatic heterocycles. The second kappa shape index (κ2) is 5.23. The van der Waals surface area contributed by atoms with Crippen LogP contribution in [0.1, 0.15) is 11.4 Å². The van der Waals surface area contributed by atoms with E-state index in [1.807, 2.05) is 0 Å². The van der Waals surface area contributed by atoms with Crippen molar-refractivity contribution in [2.45, 2.75) is 20.4 Å². The van der Waals surface area contributed by atoms with E-state index in [1.165, 1.54) is 28.8 Å². The van der Waals surface area contributed by atoms with Gasteiger partial charge in [-0.25, -0.2) is 14.1 Å². The van der Waals surface area contributed by atoms with Gasteiger partial charge in [0, 0.05) is 26.0 Å². The number of non-ortho nitro benzene ring substituents is 1. The molecular weight excluding hydrogens is 278 g/mol. The number of hydrogen-bond acceptors (Lipinski definition) is 4. The molecule has 0 fully saturated rings. The van der Waals surface area contributed by atoms with Gasteiger partial charge in [0.15, 0.2) is 6.54 Å². The highest BCUT2D eigenvalue weighted by Crippen LogP contribution is 2.24. The zero-order valence-corrected chi connectivity index (χ0v) is 11.4. The standard InChI is InChI=1S/C13H13N3O5/c1-8-9(2)15(19)13(14(8)7-12(17)18)10-4-3-5-11(6-10)16(20)21/h3-6H,7H2,1-2H3,(H,17,18). The van der Waals surface area contributed by atoms with E-state index in [-0.39, 0.29) is 18.1 Å². The number of aliphatic carboxylic acids is 1. The number of imidazole rings is 1. The quantitative estimate of drug-likeness (QED) is 0.396. The lowest BCUT2D eigenvalue weighted by molar-refractivity contribution is -0.599. The number of hydrogen-bond donors (Lipinski definition) is 1. The van der Waals surface area contributed by atoms with Crippen molar-refractivity contribution < 1.29 is 19.6 Å². The molecule has 0 amide bonds. The first kappa shape index (κ1) is 14.5. The van der Waals surface area contributed by atoms with Gasteiger partial charge in [-0.3, -0.25) is 10.1 Å². The molecule has 1 aromatic heterocycles. The molecule has 110 valence electrons. The summed E-state index contributed by atoms with van der Waals surface area (Å²) in [6, 6.07) is 5.55. The first-order valence-electron chi connectivity index (χ1n) is 6.08. The molecule has 8 heteroatoms. The Labute approximate surface area is 119 Å². The molecule has 1 N–H and O–H groups in total.